The van der Waals surface area contributed by atoms with E-state index in [-0.39, 0.29) is 38.6 Å². The van der Waals surface area contributed by atoms with E-state index in [1.54, 1.807) is 0 Å². The van der Waals surface area contributed by atoms with Gasteiger partial charge in [-0.15, -0.1) is 0 Å². The first kappa shape index (κ1) is 29.8. The Balaban J connectivity index is 2.99. The van der Waals surface area contributed by atoms with E-state index in [1.807, 2.05) is 0 Å². The molecule has 14 nitrogen and oxygen atoms in total. The predicted molar refractivity (Wildman–Crippen MR) is 122 cm³/mol. The second-order valence-corrected chi connectivity index (χ2v) is 8.48. The highest BCUT2D eigenvalue weighted by Gasteiger charge is 2.38. The smallest absolute Gasteiger partial charge is 0.326 e. The molecule has 1 saturated heterocycles. The number of aliphatic carboxylic acids is 2. The second-order valence-electron chi connectivity index (χ2n) is 8.48. The minimum Gasteiger partial charge on any atom is -0.481 e. The van der Waals surface area contributed by atoms with Crippen LogP contribution in [-0.2, 0) is 28.8 Å². The zero-order chi connectivity index (χ0) is 26.5. The number of primary amides is 1. The molecule has 35 heavy (non-hydrogen) atoms. The molecule has 1 heterocycles. The van der Waals surface area contributed by atoms with Crippen LogP contribution in [0.1, 0.15) is 57.8 Å². The molecule has 4 unspecified atom stereocenters. The van der Waals surface area contributed by atoms with Crippen molar-refractivity contribution in [3.8, 4) is 0 Å². The van der Waals surface area contributed by atoms with Crippen LogP contribution in [0.5, 0.6) is 0 Å². The van der Waals surface area contributed by atoms with Crippen molar-refractivity contribution in [3.63, 3.8) is 0 Å². The van der Waals surface area contributed by atoms with Crippen LogP contribution in [0.4, 0.5) is 0 Å². The summed E-state index contributed by atoms with van der Waals surface area (Å²) in [4.78, 5) is 73.2. The fraction of sp³-hybridized carbons (Fsp3) is 0.714. The molecule has 1 fully saturated rings. The number of rotatable bonds is 16. The van der Waals surface area contributed by atoms with Crippen molar-refractivity contribution in [2.45, 2.75) is 82.0 Å². The lowest BCUT2D eigenvalue weighted by Crippen LogP contribution is -2.57. The Morgan fingerprint density at radius 3 is 2.14 bits per heavy atom. The highest BCUT2D eigenvalue weighted by molar-refractivity contribution is 5.94. The summed E-state index contributed by atoms with van der Waals surface area (Å²) in [6, 6.07) is -4.56. The van der Waals surface area contributed by atoms with Crippen LogP contribution in [0.3, 0.4) is 0 Å². The molecule has 0 aromatic rings. The summed E-state index contributed by atoms with van der Waals surface area (Å²) in [6.45, 7) is 0.520. The second kappa shape index (κ2) is 14.9. The summed E-state index contributed by atoms with van der Waals surface area (Å²) in [5.41, 5.74) is 16.3. The van der Waals surface area contributed by atoms with E-state index >= 15 is 0 Å². The van der Waals surface area contributed by atoms with Gasteiger partial charge >= 0.3 is 11.9 Å². The zero-order valence-electron chi connectivity index (χ0n) is 19.6. The Kier molecular flexibility index (Phi) is 12.7. The van der Waals surface area contributed by atoms with E-state index < -0.39 is 66.2 Å². The van der Waals surface area contributed by atoms with Crippen LogP contribution >= 0.6 is 0 Å². The van der Waals surface area contributed by atoms with Crippen molar-refractivity contribution < 1.29 is 39.0 Å². The maximum absolute atomic E-state index is 13.1. The zero-order valence-corrected chi connectivity index (χ0v) is 19.6. The van der Waals surface area contributed by atoms with Crippen LogP contribution in [0, 0.1) is 0 Å². The lowest BCUT2D eigenvalue weighted by Gasteiger charge is -2.29. The molecule has 0 aliphatic carbocycles. The third kappa shape index (κ3) is 10.3. The normalized spacial score (nSPS) is 17.8. The monoisotopic (exact) mass is 500 g/mol. The van der Waals surface area contributed by atoms with Gasteiger partial charge in [0.05, 0.1) is 6.04 Å². The van der Waals surface area contributed by atoms with Gasteiger partial charge in [0, 0.05) is 19.4 Å². The molecule has 0 spiro atoms. The Labute approximate surface area is 202 Å². The SMILES string of the molecule is NCCCCC(NC(=O)C(N)CCC(N)=O)C(=O)NC(CCC(=O)O)C(=O)N1CCCC1C(=O)O. The molecule has 0 saturated carbocycles. The minimum absolute atomic E-state index is 0.0242. The van der Waals surface area contributed by atoms with Crippen LogP contribution in [0.2, 0.25) is 0 Å². The lowest BCUT2D eigenvalue weighted by molar-refractivity contribution is -0.150. The Morgan fingerprint density at radius 1 is 0.914 bits per heavy atom. The number of hydrogen-bond donors (Lipinski definition) is 7. The fourth-order valence-electron chi connectivity index (χ4n) is 3.75. The number of nitrogens with two attached hydrogens (primary N) is 3. The molecule has 10 N–H and O–H groups in total. The first-order valence-corrected chi connectivity index (χ1v) is 11.6. The number of nitrogens with zero attached hydrogens (tertiary/aromatic N) is 1. The molecule has 0 radical (unpaired) electrons. The fourth-order valence-corrected chi connectivity index (χ4v) is 3.75. The number of nitrogens with one attached hydrogen (secondary N) is 2. The lowest BCUT2D eigenvalue weighted by atomic mass is 10.0. The number of carboxylic acid groups (broad SMARTS) is 2. The Hall–Kier alpha value is -3.26. The number of hydrogen-bond acceptors (Lipinski definition) is 8. The number of amides is 4. The van der Waals surface area contributed by atoms with E-state index in [1.165, 1.54) is 0 Å². The van der Waals surface area contributed by atoms with Gasteiger partial charge in [-0.1, -0.05) is 0 Å². The molecular weight excluding hydrogens is 464 g/mol. The van der Waals surface area contributed by atoms with Gasteiger partial charge in [-0.05, 0) is 51.5 Å². The maximum Gasteiger partial charge on any atom is 0.326 e. The molecule has 1 rings (SSSR count). The Bertz CT molecular complexity index is 792. The average Bonchev–Trinajstić information content (AvgIpc) is 3.29. The van der Waals surface area contributed by atoms with E-state index in [0.29, 0.717) is 25.8 Å². The molecular formula is C21H36N6O8. The number of carboxylic acids is 2. The molecule has 0 bridgehead atoms. The van der Waals surface area contributed by atoms with E-state index in [2.05, 4.69) is 10.6 Å². The molecule has 4 atom stereocenters. The van der Waals surface area contributed by atoms with Crippen molar-refractivity contribution in [2.75, 3.05) is 13.1 Å². The molecule has 14 heteroatoms. The van der Waals surface area contributed by atoms with Gasteiger partial charge < -0.3 is 42.9 Å². The quantitative estimate of drug-likeness (QED) is 0.111. The summed E-state index contributed by atoms with van der Waals surface area (Å²) in [7, 11) is 0. The highest BCUT2D eigenvalue weighted by Crippen LogP contribution is 2.20. The number of carbonyl (C=O) groups is 6. The molecule has 4 amide bonds. The molecule has 1 aliphatic heterocycles. The molecule has 0 aromatic heterocycles. The minimum atomic E-state index is -1.30. The topological polar surface area (TPSA) is 248 Å². The van der Waals surface area contributed by atoms with Crippen molar-refractivity contribution in [3.05, 3.63) is 0 Å². The van der Waals surface area contributed by atoms with Crippen molar-refractivity contribution >= 4 is 35.6 Å². The first-order valence-electron chi connectivity index (χ1n) is 11.6. The third-order valence-corrected chi connectivity index (χ3v) is 5.70. The van der Waals surface area contributed by atoms with Crippen molar-refractivity contribution in [1.29, 1.82) is 0 Å². The van der Waals surface area contributed by atoms with E-state index in [9.17, 15) is 33.9 Å². The maximum atomic E-state index is 13.1. The third-order valence-electron chi connectivity index (χ3n) is 5.70. The van der Waals surface area contributed by atoms with E-state index in [4.69, 9.17) is 22.3 Å². The summed E-state index contributed by atoms with van der Waals surface area (Å²) < 4.78 is 0. The summed E-state index contributed by atoms with van der Waals surface area (Å²) in [6.07, 6.45) is 1.06. The van der Waals surface area contributed by atoms with Crippen molar-refractivity contribution in [2.24, 2.45) is 17.2 Å². The molecule has 0 aromatic carbocycles. The summed E-state index contributed by atoms with van der Waals surface area (Å²) in [5, 5.41) is 23.4. The van der Waals surface area contributed by atoms with E-state index in [0.717, 1.165) is 4.90 Å². The van der Waals surface area contributed by atoms with Gasteiger partial charge in [0.25, 0.3) is 0 Å². The molecule has 198 valence electrons. The number of likely N-dealkylation sites (tertiary alicyclic amines) is 1. The molecule has 1 aliphatic rings. The van der Waals surface area contributed by atoms with Gasteiger partial charge in [0.1, 0.15) is 18.1 Å². The van der Waals surface area contributed by atoms with Gasteiger partial charge in [-0.2, -0.15) is 0 Å². The van der Waals surface area contributed by atoms with Gasteiger partial charge in [0.15, 0.2) is 0 Å². The van der Waals surface area contributed by atoms with Gasteiger partial charge in [-0.3, -0.25) is 24.0 Å². The largest absolute Gasteiger partial charge is 0.481 e. The Morgan fingerprint density at radius 2 is 1.57 bits per heavy atom. The average molecular weight is 501 g/mol. The summed E-state index contributed by atoms with van der Waals surface area (Å²) >= 11 is 0. The van der Waals surface area contributed by atoms with Crippen molar-refractivity contribution in [1.82, 2.24) is 15.5 Å². The van der Waals surface area contributed by atoms with Crippen LogP contribution in [-0.4, -0.2) is 87.9 Å². The summed E-state index contributed by atoms with van der Waals surface area (Å²) in [5.74, 6) is -5.15. The van der Waals surface area contributed by atoms with Gasteiger partial charge in [-0.25, -0.2) is 4.79 Å². The van der Waals surface area contributed by atoms with Crippen LogP contribution in [0.25, 0.3) is 0 Å². The van der Waals surface area contributed by atoms with Crippen LogP contribution in [0.15, 0.2) is 0 Å². The first-order chi connectivity index (χ1) is 16.5. The predicted octanol–water partition coefficient (Wildman–Crippen LogP) is -2.38. The van der Waals surface area contributed by atoms with Gasteiger partial charge in [0.2, 0.25) is 23.6 Å². The van der Waals surface area contributed by atoms with Crippen LogP contribution < -0.4 is 27.8 Å². The number of carbonyl (C=O) groups excluding carboxylic acids is 4. The number of unbranched alkanes of at least 4 members (excludes halogenated alkanes) is 1. The highest BCUT2D eigenvalue weighted by atomic mass is 16.4. The standard InChI is InChI=1S/C21H36N6O8/c22-10-2-1-4-13(25-18(31)12(23)6-8-16(24)28)19(32)26-14(7-9-17(29)30)20(33)27-11-3-5-15(27)21(34)35/h12-15H,1-11,22-23H2,(H2,24,28)(H,25,31)(H,26,32)(H,29,30)(H,34,35).